The molecule has 1 fully saturated rings. The van der Waals surface area contributed by atoms with Gasteiger partial charge in [0.15, 0.2) is 0 Å². The lowest BCUT2D eigenvalue weighted by Crippen LogP contribution is -2.31. The average Bonchev–Trinajstić information content (AvgIpc) is 2.83. The number of nitrogens with one attached hydrogen (secondary N) is 1. The van der Waals surface area contributed by atoms with Crippen molar-refractivity contribution in [3.8, 4) is 0 Å². The van der Waals surface area contributed by atoms with Gasteiger partial charge in [-0.15, -0.1) is 11.3 Å². The maximum Gasteiger partial charge on any atom is 0.0956 e. The van der Waals surface area contributed by atoms with Crippen molar-refractivity contribution in [3.63, 3.8) is 0 Å². The van der Waals surface area contributed by atoms with Crippen molar-refractivity contribution in [3.05, 3.63) is 22.4 Å². The summed E-state index contributed by atoms with van der Waals surface area (Å²) in [6.45, 7) is 5.35. The van der Waals surface area contributed by atoms with Crippen LogP contribution in [-0.4, -0.2) is 19.7 Å². The quantitative estimate of drug-likeness (QED) is 0.797. The lowest BCUT2D eigenvalue weighted by molar-refractivity contribution is -0.0255. The molecule has 0 radical (unpaired) electrons. The van der Waals surface area contributed by atoms with Gasteiger partial charge < -0.3 is 10.1 Å². The van der Waals surface area contributed by atoms with Crippen LogP contribution in [-0.2, 0) is 4.74 Å². The van der Waals surface area contributed by atoms with Crippen LogP contribution in [0, 0.1) is 5.92 Å². The van der Waals surface area contributed by atoms with Gasteiger partial charge in [-0.25, -0.2) is 0 Å². The lowest BCUT2D eigenvalue weighted by atomic mass is 9.93. The first kappa shape index (κ1) is 12.1. The summed E-state index contributed by atoms with van der Waals surface area (Å²) in [5.41, 5.74) is 0. The van der Waals surface area contributed by atoms with Gasteiger partial charge in [0.2, 0.25) is 0 Å². The predicted octanol–water partition coefficient (Wildman–Crippen LogP) is 3.22. The number of hydrogen-bond donors (Lipinski definition) is 1. The molecule has 1 aliphatic rings. The highest BCUT2D eigenvalue weighted by Crippen LogP contribution is 2.35. The molecule has 0 bridgehead atoms. The minimum Gasteiger partial charge on any atom is -0.372 e. The van der Waals surface area contributed by atoms with E-state index in [1.165, 1.54) is 24.1 Å². The molecule has 16 heavy (non-hydrogen) atoms. The van der Waals surface area contributed by atoms with E-state index in [4.69, 9.17) is 4.74 Å². The van der Waals surface area contributed by atoms with Gasteiger partial charge in [0.05, 0.1) is 6.10 Å². The predicted molar refractivity (Wildman–Crippen MR) is 68.9 cm³/mol. The molecule has 1 saturated heterocycles. The van der Waals surface area contributed by atoms with Crippen molar-refractivity contribution in [1.82, 2.24) is 5.32 Å². The summed E-state index contributed by atoms with van der Waals surface area (Å²) in [6.07, 6.45) is 4.04. The highest BCUT2D eigenvalue weighted by atomic mass is 32.1. The summed E-state index contributed by atoms with van der Waals surface area (Å²) in [5.74, 6) is 0.652. The van der Waals surface area contributed by atoms with Gasteiger partial charge >= 0.3 is 0 Å². The Kier molecular flexibility index (Phi) is 4.82. The molecule has 2 atom stereocenters. The van der Waals surface area contributed by atoms with Crippen LogP contribution in [0.3, 0.4) is 0 Å². The van der Waals surface area contributed by atoms with E-state index in [-0.39, 0.29) is 0 Å². The van der Waals surface area contributed by atoms with Crippen LogP contribution in [0.4, 0.5) is 0 Å². The largest absolute Gasteiger partial charge is 0.372 e. The molecule has 0 aliphatic carbocycles. The molecular weight excluding hydrogens is 218 g/mol. The van der Waals surface area contributed by atoms with Crippen LogP contribution in [0.2, 0.25) is 0 Å². The van der Waals surface area contributed by atoms with Crippen molar-refractivity contribution in [1.29, 1.82) is 0 Å². The van der Waals surface area contributed by atoms with Gasteiger partial charge in [-0.3, -0.25) is 0 Å². The number of ether oxygens (including phenoxy) is 1. The van der Waals surface area contributed by atoms with Gasteiger partial charge in [-0.2, -0.15) is 0 Å². The monoisotopic (exact) mass is 239 g/mol. The van der Waals surface area contributed by atoms with E-state index in [2.05, 4.69) is 29.8 Å². The van der Waals surface area contributed by atoms with Gasteiger partial charge in [-0.1, -0.05) is 13.0 Å². The highest BCUT2D eigenvalue weighted by molar-refractivity contribution is 7.10. The summed E-state index contributed by atoms with van der Waals surface area (Å²) < 4.78 is 5.94. The second kappa shape index (κ2) is 6.38. The Labute approximate surface area is 102 Å². The van der Waals surface area contributed by atoms with Crippen LogP contribution in [0.1, 0.15) is 37.2 Å². The first-order chi connectivity index (χ1) is 7.92. The fourth-order valence-electron chi connectivity index (χ4n) is 2.28. The molecule has 1 aromatic heterocycles. The van der Waals surface area contributed by atoms with Crippen molar-refractivity contribution in [2.45, 2.75) is 32.3 Å². The second-order valence-corrected chi connectivity index (χ2v) is 5.39. The molecule has 2 heterocycles. The Hall–Kier alpha value is -0.380. The lowest BCUT2D eigenvalue weighted by Gasteiger charge is -2.31. The molecule has 1 aliphatic heterocycles. The molecule has 90 valence electrons. The molecule has 2 unspecified atom stereocenters. The van der Waals surface area contributed by atoms with Crippen LogP contribution >= 0.6 is 11.3 Å². The van der Waals surface area contributed by atoms with Gasteiger partial charge in [0.25, 0.3) is 0 Å². The van der Waals surface area contributed by atoms with Crippen LogP contribution in [0.5, 0.6) is 0 Å². The SMILES string of the molecule is CCCNCC1CCCOC1c1cccs1. The van der Waals surface area contributed by atoms with E-state index >= 15 is 0 Å². The Morgan fingerprint density at radius 1 is 1.56 bits per heavy atom. The van der Waals surface area contributed by atoms with E-state index in [1.807, 2.05) is 11.3 Å². The number of rotatable bonds is 5. The Bertz CT molecular complexity index is 286. The van der Waals surface area contributed by atoms with Gasteiger partial charge in [-0.05, 0) is 37.3 Å². The third-order valence-electron chi connectivity index (χ3n) is 3.10. The molecule has 2 rings (SSSR count). The highest BCUT2D eigenvalue weighted by Gasteiger charge is 2.27. The van der Waals surface area contributed by atoms with Crippen LogP contribution in [0.25, 0.3) is 0 Å². The fourth-order valence-corrected chi connectivity index (χ4v) is 3.15. The van der Waals surface area contributed by atoms with E-state index in [0.29, 0.717) is 12.0 Å². The molecular formula is C13H21NOS. The number of thiophene rings is 1. The van der Waals surface area contributed by atoms with Crippen LogP contribution < -0.4 is 5.32 Å². The van der Waals surface area contributed by atoms with Crippen molar-refractivity contribution in [2.24, 2.45) is 5.92 Å². The Morgan fingerprint density at radius 3 is 3.25 bits per heavy atom. The zero-order valence-corrected chi connectivity index (χ0v) is 10.8. The number of hydrogen-bond acceptors (Lipinski definition) is 3. The zero-order valence-electron chi connectivity index (χ0n) is 9.95. The summed E-state index contributed by atoms with van der Waals surface area (Å²) in [7, 11) is 0. The first-order valence-corrected chi connectivity index (χ1v) is 7.15. The van der Waals surface area contributed by atoms with Crippen molar-refractivity contribution in [2.75, 3.05) is 19.7 Å². The van der Waals surface area contributed by atoms with E-state index in [1.54, 1.807) is 0 Å². The summed E-state index contributed by atoms with van der Waals surface area (Å²) in [5, 5.41) is 5.66. The molecule has 1 aromatic rings. The van der Waals surface area contributed by atoms with Gasteiger partial charge in [0.1, 0.15) is 0 Å². The molecule has 1 N–H and O–H groups in total. The van der Waals surface area contributed by atoms with Crippen molar-refractivity contribution >= 4 is 11.3 Å². The maximum atomic E-state index is 5.94. The molecule has 0 aromatic carbocycles. The summed E-state index contributed by atoms with van der Waals surface area (Å²) in [4.78, 5) is 1.39. The summed E-state index contributed by atoms with van der Waals surface area (Å²) in [6, 6.07) is 4.32. The van der Waals surface area contributed by atoms with Crippen LogP contribution in [0.15, 0.2) is 17.5 Å². The molecule has 2 nitrogen and oxygen atoms in total. The zero-order chi connectivity index (χ0) is 11.2. The fraction of sp³-hybridized carbons (Fsp3) is 0.692. The van der Waals surface area contributed by atoms with E-state index in [9.17, 15) is 0 Å². The standard InChI is InChI=1S/C13H21NOS/c1-2-7-14-10-11-5-3-8-15-13(11)12-6-4-9-16-12/h4,6,9,11,13-14H,2-3,5,7-8,10H2,1H3. The normalized spacial score (nSPS) is 25.8. The van der Waals surface area contributed by atoms with E-state index < -0.39 is 0 Å². The molecule has 0 saturated carbocycles. The third-order valence-corrected chi connectivity index (χ3v) is 4.04. The first-order valence-electron chi connectivity index (χ1n) is 6.27. The average molecular weight is 239 g/mol. The Morgan fingerprint density at radius 2 is 2.50 bits per heavy atom. The molecule has 3 heteroatoms. The minimum atomic E-state index is 0.332. The van der Waals surface area contributed by atoms with E-state index in [0.717, 1.165) is 19.7 Å². The minimum absolute atomic E-state index is 0.332. The Balaban J connectivity index is 1.92. The molecule has 0 spiro atoms. The topological polar surface area (TPSA) is 21.3 Å². The third kappa shape index (κ3) is 3.06. The van der Waals surface area contributed by atoms with Crippen molar-refractivity contribution < 1.29 is 4.74 Å². The maximum absolute atomic E-state index is 5.94. The smallest absolute Gasteiger partial charge is 0.0956 e. The second-order valence-electron chi connectivity index (χ2n) is 4.41. The molecule has 0 amide bonds. The van der Waals surface area contributed by atoms with Gasteiger partial charge in [0, 0.05) is 23.9 Å². The summed E-state index contributed by atoms with van der Waals surface area (Å²) >= 11 is 1.82.